The van der Waals surface area contributed by atoms with Crippen LogP contribution in [0.1, 0.15) is 19.4 Å². The maximum absolute atomic E-state index is 12.0. The number of aromatic amines is 2. The monoisotopic (exact) mass is 209 g/mol. The first-order chi connectivity index (χ1) is 6.02. The Balaban J connectivity index is 2.94. The van der Waals surface area contributed by atoms with Gasteiger partial charge in [-0.15, -0.1) is 0 Å². The number of nitrogens with zero attached hydrogens (tertiary/aromatic N) is 1. The number of aromatic nitrogens is 3. The zero-order valence-corrected chi connectivity index (χ0v) is 7.70. The molecular weight excluding hydrogens is 200 g/mol. The largest absolute Gasteiger partial charge is 0.342 e. The van der Waals surface area contributed by atoms with Gasteiger partial charge in [-0.05, 0) is 19.1 Å². The molecule has 0 saturated carbocycles. The van der Waals surface area contributed by atoms with Gasteiger partial charge in [-0.1, -0.05) is 0 Å². The van der Waals surface area contributed by atoms with Gasteiger partial charge in [-0.3, -0.25) is 9.67 Å². The van der Waals surface area contributed by atoms with Crippen LogP contribution < -0.4 is 5.69 Å². The molecule has 0 fully saturated rings. The van der Waals surface area contributed by atoms with Crippen LogP contribution in [0.25, 0.3) is 0 Å². The summed E-state index contributed by atoms with van der Waals surface area (Å²) >= 11 is 4.73. The Kier molecular flexibility index (Phi) is 2.97. The number of hydrogen-bond donors (Lipinski definition) is 2. The van der Waals surface area contributed by atoms with Crippen molar-refractivity contribution in [3.8, 4) is 0 Å². The lowest BCUT2D eigenvalue weighted by molar-refractivity contribution is 0.119. The second-order valence-electron chi connectivity index (χ2n) is 2.71. The average Bonchev–Trinajstić information content (AvgIpc) is 2.29. The molecule has 74 valence electrons. The fraction of sp³-hybridized carbons (Fsp3) is 0.667. The molecular formula is C6H9F2N3OS. The van der Waals surface area contributed by atoms with Crippen molar-refractivity contribution in [1.29, 1.82) is 0 Å². The first-order valence-corrected chi connectivity index (χ1v) is 4.10. The van der Waals surface area contributed by atoms with Gasteiger partial charge < -0.3 is 0 Å². The van der Waals surface area contributed by atoms with Crippen LogP contribution in [-0.2, 0) is 0 Å². The van der Waals surface area contributed by atoms with Crippen LogP contribution in [0.15, 0.2) is 4.79 Å². The van der Waals surface area contributed by atoms with Crippen molar-refractivity contribution in [2.24, 2.45) is 0 Å². The molecule has 7 heteroatoms. The van der Waals surface area contributed by atoms with Crippen molar-refractivity contribution in [3.05, 3.63) is 15.3 Å². The van der Waals surface area contributed by atoms with Gasteiger partial charge in [-0.25, -0.2) is 18.7 Å². The fourth-order valence-electron chi connectivity index (χ4n) is 1.08. The zero-order valence-electron chi connectivity index (χ0n) is 6.88. The van der Waals surface area contributed by atoms with Crippen molar-refractivity contribution < 1.29 is 8.78 Å². The topological polar surface area (TPSA) is 53.6 Å². The van der Waals surface area contributed by atoms with Crippen LogP contribution in [0.5, 0.6) is 0 Å². The summed E-state index contributed by atoms with van der Waals surface area (Å²) in [7, 11) is 0. The van der Waals surface area contributed by atoms with Crippen molar-refractivity contribution >= 4 is 12.2 Å². The van der Waals surface area contributed by atoms with E-state index in [0.29, 0.717) is 0 Å². The van der Waals surface area contributed by atoms with Crippen LogP contribution in [0.3, 0.4) is 0 Å². The summed E-state index contributed by atoms with van der Waals surface area (Å²) in [5, 5.41) is 4.61. The average molecular weight is 209 g/mol. The van der Waals surface area contributed by atoms with Crippen LogP contribution in [-0.4, -0.2) is 21.2 Å². The maximum atomic E-state index is 12.0. The minimum atomic E-state index is -2.44. The summed E-state index contributed by atoms with van der Waals surface area (Å²) < 4.78 is 25.2. The third-order valence-electron chi connectivity index (χ3n) is 1.67. The molecule has 1 unspecified atom stereocenters. The Morgan fingerprint density at radius 3 is 2.54 bits per heavy atom. The first kappa shape index (κ1) is 10.1. The summed E-state index contributed by atoms with van der Waals surface area (Å²) in [5.41, 5.74) is -0.488. The number of alkyl halides is 2. The summed E-state index contributed by atoms with van der Waals surface area (Å²) in [4.78, 5) is 11.0. The van der Waals surface area contributed by atoms with E-state index in [2.05, 4.69) is 10.2 Å². The number of hydrogen-bond acceptors (Lipinski definition) is 2. The number of rotatable bonds is 3. The van der Waals surface area contributed by atoms with Crippen molar-refractivity contribution in [3.63, 3.8) is 0 Å². The standard InChI is InChI=1S/C6H9F2N3OS/c1-3(2-4(7)8)11-5(12)9-10-6(11)13/h3-4H,2H2,1H3,(H,9,12)(H,10,13). The molecule has 1 heterocycles. The SMILES string of the molecule is CC(CC(F)F)n1c(=O)[nH][nH]c1=S. The predicted octanol–water partition coefficient (Wildman–Crippen LogP) is 1.45. The molecule has 1 aromatic rings. The van der Waals surface area contributed by atoms with Gasteiger partial charge in [0, 0.05) is 12.5 Å². The maximum Gasteiger partial charge on any atom is 0.342 e. The van der Waals surface area contributed by atoms with Gasteiger partial charge in [0.2, 0.25) is 6.43 Å². The summed E-state index contributed by atoms with van der Waals surface area (Å²) in [6, 6.07) is -0.595. The first-order valence-electron chi connectivity index (χ1n) is 3.69. The highest BCUT2D eigenvalue weighted by Crippen LogP contribution is 2.13. The molecule has 1 aromatic heterocycles. The van der Waals surface area contributed by atoms with E-state index in [-0.39, 0.29) is 11.2 Å². The quantitative estimate of drug-likeness (QED) is 0.740. The molecule has 13 heavy (non-hydrogen) atoms. The lowest BCUT2D eigenvalue weighted by atomic mass is 10.2. The van der Waals surface area contributed by atoms with E-state index in [1.807, 2.05) is 0 Å². The Morgan fingerprint density at radius 2 is 2.15 bits per heavy atom. The highest BCUT2D eigenvalue weighted by Gasteiger charge is 2.14. The van der Waals surface area contributed by atoms with Crippen molar-refractivity contribution in [2.45, 2.75) is 25.8 Å². The molecule has 1 rings (SSSR count). The third kappa shape index (κ3) is 2.24. The van der Waals surface area contributed by atoms with E-state index in [9.17, 15) is 13.6 Å². The lowest BCUT2D eigenvalue weighted by Crippen LogP contribution is -2.22. The van der Waals surface area contributed by atoms with E-state index >= 15 is 0 Å². The highest BCUT2D eigenvalue weighted by atomic mass is 32.1. The van der Waals surface area contributed by atoms with Crippen LogP contribution in [0, 0.1) is 4.77 Å². The van der Waals surface area contributed by atoms with E-state index in [4.69, 9.17) is 12.2 Å². The van der Waals surface area contributed by atoms with E-state index < -0.39 is 18.2 Å². The summed E-state index contributed by atoms with van der Waals surface area (Å²) in [5.74, 6) is 0. The Labute approximate surface area is 77.6 Å². The third-order valence-corrected chi connectivity index (χ3v) is 1.97. The molecule has 0 aliphatic rings. The Bertz CT molecular complexity index is 352. The zero-order chi connectivity index (χ0) is 10.0. The molecule has 0 spiro atoms. The van der Waals surface area contributed by atoms with Crippen LogP contribution >= 0.6 is 12.2 Å². The Morgan fingerprint density at radius 1 is 1.54 bits per heavy atom. The van der Waals surface area contributed by atoms with Gasteiger partial charge in [0.15, 0.2) is 4.77 Å². The predicted molar refractivity (Wildman–Crippen MR) is 45.6 cm³/mol. The van der Waals surface area contributed by atoms with Crippen LogP contribution in [0.2, 0.25) is 0 Å². The number of halogens is 2. The molecule has 0 aliphatic carbocycles. The molecule has 1 atom stereocenters. The fourth-order valence-corrected chi connectivity index (χ4v) is 1.40. The summed E-state index contributed by atoms with van der Waals surface area (Å²) in [6.45, 7) is 1.52. The van der Waals surface area contributed by atoms with Gasteiger partial charge in [-0.2, -0.15) is 0 Å². The highest BCUT2D eigenvalue weighted by molar-refractivity contribution is 7.71. The normalized spacial score (nSPS) is 13.5. The van der Waals surface area contributed by atoms with Crippen molar-refractivity contribution in [2.75, 3.05) is 0 Å². The molecule has 4 nitrogen and oxygen atoms in total. The molecule has 0 aliphatic heterocycles. The molecule has 0 radical (unpaired) electrons. The summed E-state index contributed by atoms with van der Waals surface area (Å²) in [6.07, 6.45) is -2.82. The van der Waals surface area contributed by atoms with E-state index in [0.717, 1.165) is 4.57 Å². The minimum Gasteiger partial charge on any atom is -0.272 e. The number of H-pyrrole nitrogens is 2. The van der Waals surface area contributed by atoms with Gasteiger partial charge in [0.05, 0.1) is 0 Å². The molecule has 0 saturated heterocycles. The van der Waals surface area contributed by atoms with E-state index in [1.165, 1.54) is 6.92 Å². The van der Waals surface area contributed by atoms with Crippen molar-refractivity contribution in [1.82, 2.24) is 14.8 Å². The smallest absolute Gasteiger partial charge is 0.272 e. The Hall–Kier alpha value is -0.980. The molecule has 2 N–H and O–H groups in total. The van der Waals surface area contributed by atoms with Gasteiger partial charge >= 0.3 is 5.69 Å². The van der Waals surface area contributed by atoms with Gasteiger partial charge in [0.25, 0.3) is 0 Å². The molecule has 0 aromatic carbocycles. The second kappa shape index (κ2) is 3.82. The van der Waals surface area contributed by atoms with E-state index in [1.54, 1.807) is 0 Å². The lowest BCUT2D eigenvalue weighted by Gasteiger charge is -2.09. The van der Waals surface area contributed by atoms with Crippen LogP contribution in [0.4, 0.5) is 8.78 Å². The number of nitrogens with one attached hydrogen (secondary N) is 2. The minimum absolute atomic E-state index is 0.137. The molecule has 0 amide bonds. The van der Waals surface area contributed by atoms with Gasteiger partial charge in [0.1, 0.15) is 0 Å². The molecule has 0 bridgehead atoms. The second-order valence-corrected chi connectivity index (χ2v) is 3.09.